The van der Waals surface area contributed by atoms with Gasteiger partial charge in [0.15, 0.2) is 0 Å². The number of hydrogen-bond donors (Lipinski definition) is 3. The molecule has 3 atom stereocenters. The summed E-state index contributed by atoms with van der Waals surface area (Å²) in [6.45, 7) is 8.91. The van der Waals surface area contributed by atoms with E-state index in [1.165, 1.54) is 5.56 Å². The molecule has 0 radical (unpaired) electrons. The van der Waals surface area contributed by atoms with Crippen LogP contribution in [0.25, 0.3) is 0 Å². The quantitative estimate of drug-likeness (QED) is 0.459. The first kappa shape index (κ1) is 31.5. The molecule has 11 heteroatoms. The summed E-state index contributed by atoms with van der Waals surface area (Å²) < 4.78 is 11.5. The van der Waals surface area contributed by atoms with Gasteiger partial charge in [0.05, 0.1) is 31.2 Å². The summed E-state index contributed by atoms with van der Waals surface area (Å²) in [6.07, 6.45) is 1.29. The van der Waals surface area contributed by atoms with E-state index in [0.29, 0.717) is 12.3 Å². The molecule has 0 unspecified atom stereocenters. The number of fused-ring (bicyclic) bond motifs is 2. The van der Waals surface area contributed by atoms with E-state index < -0.39 is 29.8 Å². The molecule has 3 N–H and O–H groups in total. The van der Waals surface area contributed by atoms with Crippen molar-refractivity contribution in [2.45, 2.75) is 64.3 Å². The van der Waals surface area contributed by atoms with Crippen molar-refractivity contribution >= 4 is 23.6 Å². The van der Waals surface area contributed by atoms with E-state index in [4.69, 9.17) is 9.47 Å². The number of carbonyl (C=O) groups excluding carboxylic acids is 4. The van der Waals surface area contributed by atoms with E-state index in [1.54, 1.807) is 29.2 Å². The molecule has 0 bridgehead atoms. The van der Waals surface area contributed by atoms with Gasteiger partial charge < -0.3 is 30.3 Å². The lowest BCUT2D eigenvalue weighted by Gasteiger charge is -2.32. The summed E-state index contributed by atoms with van der Waals surface area (Å²) in [7, 11) is 0. The minimum atomic E-state index is -1.17. The van der Waals surface area contributed by atoms with Crippen molar-refractivity contribution in [2.75, 3.05) is 39.5 Å². The Balaban J connectivity index is 1.30. The van der Waals surface area contributed by atoms with Crippen molar-refractivity contribution in [3.05, 3.63) is 65.2 Å². The van der Waals surface area contributed by atoms with Gasteiger partial charge in [0.2, 0.25) is 17.7 Å². The van der Waals surface area contributed by atoms with Crippen molar-refractivity contribution in [1.82, 2.24) is 25.8 Å². The summed E-state index contributed by atoms with van der Waals surface area (Å²) in [4.78, 5) is 57.9. The Morgan fingerprint density at radius 2 is 1.70 bits per heavy atom. The number of ether oxygens (including phenoxy) is 2. The van der Waals surface area contributed by atoms with Crippen LogP contribution in [0.15, 0.2) is 48.5 Å². The van der Waals surface area contributed by atoms with Gasteiger partial charge in [-0.25, -0.2) is 0 Å². The van der Waals surface area contributed by atoms with Crippen molar-refractivity contribution in [3.8, 4) is 5.75 Å². The molecule has 5 rings (SSSR count). The molecule has 0 aliphatic carbocycles. The number of morpholine rings is 1. The average molecular weight is 606 g/mol. The van der Waals surface area contributed by atoms with Crippen molar-refractivity contribution in [2.24, 2.45) is 5.92 Å². The first-order valence-electron chi connectivity index (χ1n) is 15.6. The van der Waals surface area contributed by atoms with E-state index >= 15 is 0 Å². The summed E-state index contributed by atoms with van der Waals surface area (Å²) in [5.74, 6) is -1.46. The molecule has 236 valence electrons. The highest BCUT2D eigenvalue weighted by Gasteiger charge is 2.37. The molecule has 2 saturated heterocycles. The zero-order chi connectivity index (χ0) is 31.1. The predicted molar refractivity (Wildman–Crippen MR) is 164 cm³/mol. The Hall–Kier alpha value is -3.96. The number of rotatable bonds is 6. The third-order valence-corrected chi connectivity index (χ3v) is 8.48. The minimum Gasteiger partial charge on any atom is -0.491 e. The van der Waals surface area contributed by atoms with Crippen molar-refractivity contribution < 1.29 is 28.7 Å². The second-order valence-electron chi connectivity index (χ2n) is 12.1. The maximum Gasteiger partial charge on any atom is 0.255 e. The van der Waals surface area contributed by atoms with Crippen LogP contribution in [0.1, 0.15) is 54.6 Å². The first-order valence-corrected chi connectivity index (χ1v) is 15.6. The van der Waals surface area contributed by atoms with Crippen LogP contribution in [0, 0.1) is 5.92 Å². The summed E-state index contributed by atoms with van der Waals surface area (Å²) in [5.41, 5.74) is 2.33. The Bertz CT molecular complexity index is 1330. The standard InChI is InChI=1S/C33H43N5O6/c1-22(2)30-33(42)38-13-5-6-25(38)21-44-28-8-4-3-7-26(28)31(40)35-27(18-29(39)36-30)32(41)34-19-23-9-11-24(12-10-23)20-37-14-16-43-17-15-37/h3-4,7-12,22,25,27,30H,5-6,13-21H2,1-2H3,(H,34,41)(H,35,40)(H,36,39)/t25-,27+,30+/m1/s1. The number of nitrogens with one attached hydrogen (secondary N) is 3. The fraction of sp³-hybridized carbons (Fsp3) is 0.515. The molecule has 2 fully saturated rings. The maximum absolute atomic E-state index is 13.6. The van der Waals surface area contributed by atoms with E-state index in [1.807, 2.05) is 38.1 Å². The Kier molecular flexibility index (Phi) is 10.5. The molecule has 3 aliphatic rings. The van der Waals surface area contributed by atoms with Crippen LogP contribution in [0.5, 0.6) is 5.75 Å². The van der Waals surface area contributed by atoms with E-state index in [9.17, 15) is 19.2 Å². The molecule has 44 heavy (non-hydrogen) atoms. The van der Waals surface area contributed by atoms with Gasteiger partial charge in [-0.15, -0.1) is 0 Å². The zero-order valence-electron chi connectivity index (χ0n) is 25.6. The monoisotopic (exact) mass is 605 g/mol. The van der Waals surface area contributed by atoms with Crippen LogP contribution in [0.2, 0.25) is 0 Å². The Morgan fingerprint density at radius 1 is 0.977 bits per heavy atom. The van der Waals surface area contributed by atoms with Crippen molar-refractivity contribution in [3.63, 3.8) is 0 Å². The number of benzene rings is 2. The van der Waals surface area contributed by atoms with Gasteiger partial charge in [0, 0.05) is 32.7 Å². The van der Waals surface area contributed by atoms with E-state index in [-0.39, 0.29) is 43.0 Å². The second kappa shape index (κ2) is 14.7. The number of hydrogen-bond acceptors (Lipinski definition) is 7. The number of carbonyl (C=O) groups is 4. The highest BCUT2D eigenvalue weighted by Crippen LogP contribution is 2.24. The van der Waals surface area contributed by atoms with Gasteiger partial charge in [0.25, 0.3) is 5.91 Å². The normalized spacial score (nSPS) is 23.6. The van der Waals surface area contributed by atoms with E-state index in [0.717, 1.165) is 51.3 Å². The molecule has 0 aromatic heterocycles. The Morgan fingerprint density at radius 3 is 2.45 bits per heavy atom. The molecular formula is C33H43N5O6. The van der Waals surface area contributed by atoms with Gasteiger partial charge in [-0.1, -0.05) is 50.2 Å². The first-order chi connectivity index (χ1) is 21.3. The second-order valence-corrected chi connectivity index (χ2v) is 12.1. The SMILES string of the molecule is CC(C)[C@@H]1NC(=O)C[C@@H](C(=O)NCc2ccc(CN3CCOCC3)cc2)NC(=O)c2ccccc2OC[C@H]2CCCN2C1=O. The molecule has 3 aliphatic heterocycles. The zero-order valence-corrected chi connectivity index (χ0v) is 25.6. The molecule has 11 nitrogen and oxygen atoms in total. The summed E-state index contributed by atoms with van der Waals surface area (Å²) >= 11 is 0. The lowest BCUT2D eigenvalue weighted by atomic mass is 10.0. The van der Waals surface area contributed by atoms with Gasteiger partial charge >= 0.3 is 0 Å². The number of amides is 4. The minimum absolute atomic E-state index is 0.160. The predicted octanol–water partition coefficient (Wildman–Crippen LogP) is 1.85. The fourth-order valence-corrected chi connectivity index (χ4v) is 5.91. The van der Waals surface area contributed by atoms with Crippen LogP contribution in [-0.2, 0) is 32.2 Å². The summed E-state index contributed by atoms with van der Waals surface area (Å²) in [6, 6.07) is 12.7. The third-order valence-electron chi connectivity index (χ3n) is 8.48. The largest absolute Gasteiger partial charge is 0.491 e. The van der Waals surface area contributed by atoms with Crippen LogP contribution in [0.4, 0.5) is 0 Å². The van der Waals surface area contributed by atoms with Gasteiger partial charge in [0.1, 0.15) is 24.4 Å². The molecule has 4 amide bonds. The molecule has 0 saturated carbocycles. The summed E-state index contributed by atoms with van der Waals surface area (Å²) in [5, 5.41) is 8.47. The molecular weight excluding hydrogens is 562 g/mol. The Labute approximate surface area is 258 Å². The lowest BCUT2D eigenvalue weighted by molar-refractivity contribution is -0.139. The van der Waals surface area contributed by atoms with Crippen molar-refractivity contribution in [1.29, 1.82) is 0 Å². The molecule has 2 aromatic rings. The number of para-hydroxylation sites is 1. The smallest absolute Gasteiger partial charge is 0.255 e. The van der Waals surface area contributed by atoms with Crippen LogP contribution < -0.4 is 20.7 Å². The van der Waals surface area contributed by atoms with Crippen LogP contribution in [-0.4, -0.2) is 91.0 Å². The van der Waals surface area contributed by atoms with Crippen LogP contribution >= 0.6 is 0 Å². The topological polar surface area (TPSA) is 129 Å². The van der Waals surface area contributed by atoms with Gasteiger partial charge in [-0.2, -0.15) is 0 Å². The average Bonchev–Trinajstić information content (AvgIpc) is 3.50. The molecule has 3 heterocycles. The van der Waals surface area contributed by atoms with Gasteiger partial charge in [-0.3, -0.25) is 24.1 Å². The number of nitrogens with zero attached hydrogens (tertiary/aromatic N) is 2. The van der Waals surface area contributed by atoms with E-state index in [2.05, 4.69) is 20.9 Å². The fourth-order valence-electron chi connectivity index (χ4n) is 5.91. The lowest BCUT2D eigenvalue weighted by Crippen LogP contribution is -2.55. The molecule has 0 spiro atoms. The highest BCUT2D eigenvalue weighted by molar-refractivity contribution is 6.01. The highest BCUT2D eigenvalue weighted by atomic mass is 16.5. The third kappa shape index (κ3) is 7.95. The van der Waals surface area contributed by atoms with Gasteiger partial charge in [-0.05, 0) is 42.0 Å². The maximum atomic E-state index is 13.6. The van der Waals surface area contributed by atoms with Crippen LogP contribution in [0.3, 0.4) is 0 Å². The molecule has 2 aromatic carbocycles.